The fourth-order valence-corrected chi connectivity index (χ4v) is 1.48. The van der Waals surface area contributed by atoms with Crippen LogP contribution in [0.15, 0.2) is 12.7 Å². The van der Waals surface area contributed by atoms with Gasteiger partial charge < -0.3 is 5.32 Å². The van der Waals surface area contributed by atoms with Crippen molar-refractivity contribution >= 4 is 0 Å². The van der Waals surface area contributed by atoms with Crippen LogP contribution in [0.3, 0.4) is 0 Å². The summed E-state index contributed by atoms with van der Waals surface area (Å²) in [5.74, 6) is 0.791. The average molecular weight is 169 g/mol. The molecule has 0 aliphatic carbocycles. The molecule has 0 heterocycles. The Balaban J connectivity index is 3.61. The highest BCUT2D eigenvalue weighted by atomic mass is 14.9. The van der Waals surface area contributed by atoms with Crippen molar-refractivity contribution in [2.45, 2.75) is 46.1 Å². The molecule has 0 aromatic heterocycles. The molecule has 1 unspecified atom stereocenters. The molecule has 72 valence electrons. The molecule has 0 rings (SSSR count). The summed E-state index contributed by atoms with van der Waals surface area (Å²) in [4.78, 5) is 0. The van der Waals surface area contributed by atoms with Gasteiger partial charge in [0.1, 0.15) is 0 Å². The molecule has 1 N–H and O–H groups in total. The van der Waals surface area contributed by atoms with Crippen molar-refractivity contribution in [2.24, 2.45) is 5.92 Å². The molecule has 0 saturated carbocycles. The number of hydrogen-bond donors (Lipinski definition) is 1. The zero-order valence-electron chi connectivity index (χ0n) is 8.77. The first kappa shape index (κ1) is 11.7. The maximum Gasteiger partial charge on any atom is 0.00723 e. The van der Waals surface area contributed by atoms with E-state index in [1.807, 2.05) is 6.08 Å². The molecule has 0 aliphatic heterocycles. The van der Waals surface area contributed by atoms with Crippen molar-refractivity contribution in [3.8, 4) is 0 Å². The van der Waals surface area contributed by atoms with Gasteiger partial charge in [0, 0.05) is 6.04 Å². The molecule has 0 amide bonds. The summed E-state index contributed by atoms with van der Waals surface area (Å²) in [6.07, 6.45) is 5.65. The predicted molar refractivity (Wildman–Crippen MR) is 56.4 cm³/mol. The van der Waals surface area contributed by atoms with Gasteiger partial charge in [0.25, 0.3) is 0 Å². The Morgan fingerprint density at radius 2 is 2.08 bits per heavy atom. The van der Waals surface area contributed by atoms with E-state index in [0.29, 0.717) is 6.04 Å². The fraction of sp³-hybridized carbons (Fsp3) is 0.818. The number of rotatable bonds is 7. The Kier molecular flexibility index (Phi) is 7.17. The van der Waals surface area contributed by atoms with Crippen molar-refractivity contribution in [2.75, 3.05) is 6.54 Å². The van der Waals surface area contributed by atoms with E-state index in [1.165, 1.54) is 12.8 Å². The first-order chi connectivity index (χ1) is 5.70. The standard InChI is InChI=1S/C11H23N/c1-5-7-8-11(12-6-2)9-10(3)4/h5,10-12H,1,6-9H2,2-4H3. The molecule has 0 spiro atoms. The minimum Gasteiger partial charge on any atom is -0.314 e. The van der Waals surface area contributed by atoms with Crippen molar-refractivity contribution in [1.29, 1.82) is 0 Å². The minimum atomic E-state index is 0.688. The molecular formula is C11H23N. The van der Waals surface area contributed by atoms with Crippen LogP contribution in [0.4, 0.5) is 0 Å². The zero-order chi connectivity index (χ0) is 9.40. The summed E-state index contributed by atoms with van der Waals surface area (Å²) in [6, 6.07) is 0.688. The van der Waals surface area contributed by atoms with Crippen LogP contribution in [0.2, 0.25) is 0 Å². The van der Waals surface area contributed by atoms with Gasteiger partial charge in [-0.15, -0.1) is 6.58 Å². The van der Waals surface area contributed by atoms with Gasteiger partial charge in [0.05, 0.1) is 0 Å². The first-order valence-corrected chi connectivity index (χ1v) is 5.05. The Labute approximate surface area is 77.2 Å². The second-order valence-corrected chi connectivity index (χ2v) is 3.75. The summed E-state index contributed by atoms with van der Waals surface area (Å²) < 4.78 is 0. The van der Waals surface area contributed by atoms with Gasteiger partial charge in [-0.1, -0.05) is 26.8 Å². The van der Waals surface area contributed by atoms with Crippen LogP contribution in [-0.4, -0.2) is 12.6 Å². The molecule has 0 bridgehead atoms. The molecule has 0 aliphatic rings. The highest BCUT2D eigenvalue weighted by Gasteiger charge is 2.07. The van der Waals surface area contributed by atoms with Crippen LogP contribution in [0.25, 0.3) is 0 Å². The third kappa shape index (κ3) is 6.41. The molecule has 1 nitrogen and oxygen atoms in total. The quantitative estimate of drug-likeness (QED) is 0.578. The summed E-state index contributed by atoms with van der Waals surface area (Å²) in [5, 5.41) is 3.50. The second-order valence-electron chi connectivity index (χ2n) is 3.75. The van der Waals surface area contributed by atoms with Crippen LogP contribution in [0.1, 0.15) is 40.0 Å². The third-order valence-corrected chi connectivity index (χ3v) is 1.97. The molecule has 0 aromatic rings. The lowest BCUT2D eigenvalue weighted by molar-refractivity contribution is 0.407. The number of hydrogen-bond acceptors (Lipinski definition) is 1. The van der Waals surface area contributed by atoms with Crippen LogP contribution in [0, 0.1) is 5.92 Å². The predicted octanol–water partition coefficient (Wildman–Crippen LogP) is 2.98. The van der Waals surface area contributed by atoms with E-state index in [4.69, 9.17) is 0 Å². The molecule has 12 heavy (non-hydrogen) atoms. The Hall–Kier alpha value is -0.300. The maximum absolute atomic E-state index is 3.74. The topological polar surface area (TPSA) is 12.0 Å². The molecule has 0 aromatic carbocycles. The number of allylic oxidation sites excluding steroid dienone is 1. The first-order valence-electron chi connectivity index (χ1n) is 5.05. The lowest BCUT2D eigenvalue weighted by Crippen LogP contribution is -2.29. The molecule has 0 saturated heterocycles. The van der Waals surface area contributed by atoms with Gasteiger partial charge in [0.15, 0.2) is 0 Å². The largest absolute Gasteiger partial charge is 0.314 e. The molecule has 0 radical (unpaired) electrons. The van der Waals surface area contributed by atoms with Crippen molar-refractivity contribution < 1.29 is 0 Å². The van der Waals surface area contributed by atoms with E-state index in [-0.39, 0.29) is 0 Å². The lowest BCUT2D eigenvalue weighted by atomic mass is 10.00. The van der Waals surface area contributed by atoms with E-state index in [0.717, 1.165) is 18.9 Å². The van der Waals surface area contributed by atoms with Crippen LogP contribution >= 0.6 is 0 Å². The van der Waals surface area contributed by atoms with E-state index in [9.17, 15) is 0 Å². The van der Waals surface area contributed by atoms with Crippen molar-refractivity contribution in [3.05, 3.63) is 12.7 Å². The summed E-state index contributed by atoms with van der Waals surface area (Å²) in [7, 11) is 0. The summed E-state index contributed by atoms with van der Waals surface area (Å²) in [5.41, 5.74) is 0. The third-order valence-electron chi connectivity index (χ3n) is 1.97. The van der Waals surface area contributed by atoms with Gasteiger partial charge in [0.2, 0.25) is 0 Å². The van der Waals surface area contributed by atoms with Gasteiger partial charge in [-0.3, -0.25) is 0 Å². The Bertz CT molecular complexity index is 108. The van der Waals surface area contributed by atoms with Crippen LogP contribution in [0.5, 0.6) is 0 Å². The monoisotopic (exact) mass is 169 g/mol. The van der Waals surface area contributed by atoms with Gasteiger partial charge >= 0.3 is 0 Å². The second kappa shape index (κ2) is 7.35. The molecule has 1 heteroatoms. The highest BCUT2D eigenvalue weighted by Crippen LogP contribution is 2.09. The zero-order valence-corrected chi connectivity index (χ0v) is 8.77. The van der Waals surface area contributed by atoms with Crippen molar-refractivity contribution in [3.63, 3.8) is 0 Å². The molecule has 1 atom stereocenters. The van der Waals surface area contributed by atoms with Gasteiger partial charge in [-0.05, 0) is 31.7 Å². The lowest BCUT2D eigenvalue weighted by Gasteiger charge is -2.18. The SMILES string of the molecule is C=CCCC(CC(C)C)NCC. The Morgan fingerprint density at radius 3 is 2.50 bits per heavy atom. The van der Waals surface area contributed by atoms with Crippen LogP contribution < -0.4 is 5.32 Å². The van der Waals surface area contributed by atoms with Crippen LogP contribution in [-0.2, 0) is 0 Å². The summed E-state index contributed by atoms with van der Waals surface area (Å²) in [6.45, 7) is 11.5. The van der Waals surface area contributed by atoms with E-state index in [1.54, 1.807) is 0 Å². The number of nitrogens with one attached hydrogen (secondary N) is 1. The normalized spacial score (nSPS) is 13.3. The van der Waals surface area contributed by atoms with E-state index in [2.05, 4.69) is 32.7 Å². The molecular weight excluding hydrogens is 146 g/mol. The molecule has 0 fully saturated rings. The fourth-order valence-electron chi connectivity index (χ4n) is 1.48. The minimum absolute atomic E-state index is 0.688. The van der Waals surface area contributed by atoms with Crippen molar-refractivity contribution in [1.82, 2.24) is 5.32 Å². The van der Waals surface area contributed by atoms with Gasteiger partial charge in [-0.25, -0.2) is 0 Å². The summed E-state index contributed by atoms with van der Waals surface area (Å²) >= 11 is 0. The van der Waals surface area contributed by atoms with E-state index < -0.39 is 0 Å². The maximum atomic E-state index is 3.74. The Morgan fingerprint density at radius 1 is 1.42 bits per heavy atom. The van der Waals surface area contributed by atoms with Gasteiger partial charge in [-0.2, -0.15) is 0 Å². The smallest absolute Gasteiger partial charge is 0.00723 e. The average Bonchev–Trinajstić information content (AvgIpc) is 2.00. The highest BCUT2D eigenvalue weighted by molar-refractivity contribution is 4.74. The van der Waals surface area contributed by atoms with E-state index >= 15 is 0 Å².